The molecule has 0 radical (unpaired) electrons. The van der Waals surface area contributed by atoms with E-state index in [1.54, 1.807) is 6.20 Å². The maximum Gasteiger partial charge on any atom is 0.136 e. The number of aromatic amines is 1. The second kappa shape index (κ2) is 3.69. The number of nitrogens with zero attached hydrogens (tertiary/aromatic N) is 1. The van der Waals surface area contributed by atoms with E-state index < -0.39 is 6.10 Å². The molecule has 1 rings (SSSR count). The zero-order chi connectivity index (χ0) is 9.14. The number of nitrogens with two attached hydrogens (primary N) is 1. The van der Waals surface area contributed by atoms with Crippen LogP contribution in [0.4, 0.5) is 0 Å². The normalized spacial score (nSPS) is 13.8. The number of aliphatic hydroxyl groups is 1. The van der Waals surface area contributed by atoms with E-state index in [1.165, 1.54) is 0 Å². The first-order chi connectivity index (χ1) is 5.65. The molecule has 12 heavy (non-hydrogen) atoms. The van der Waals surface area contributed by atoms with Gasteiger partial charge in [-0.05, 0) is 5.92 Å². The molecule has 1 heterocycles. The van der Waals surface area contributed by atoms with E-state index in [0.717, 1.165) is 5.69 Å². The summed E-state index contributed by atoms with van der Waals surface area (Å²) < 4.78 is 0. The summed E-state index contributed by atoms with van der Waals surface area (Å²) >= 11 is 0. The van der Waals surface area contributed by atoms with E-state index in [9.17, 15) is 5.11 Å². The number of hydrogen-bond acceptors (Lipinski definition) is 3. The second-order valence-electron chi connectivity index (χ2n) is 3.13. The molecule has 0 aliphatic heterocycles. The molecule has 1 aromatic heterocycles. The molecule has 4 N–H and O–H groups in total. The zero-order valence-corrected chi connectivity index (χ0v) is 7.41. The van der Waals surface area contributed by atoms with Crippen LogP contribution >= 0.6 is 0 Å². The fraction of sp³-hybridized carbons (Fsp3) is 0.625. The van der Waals surface area contributed by atoms with Gasteiger partial charge < -0.3 is 15.8 Å². The third-order valence-electron chi connectivity index (χ3n) is 1.78. The van der Waals surface area contributed by atoms with Gasteiger partial charge in [-0.25, -0.2) is 4.98 Å². The average Bonchev–Trinajstić information content (AvgIpc) is 2.51. The van der Waals surface area contributed by atoms with Gasteiger partial charge in [-0.2, -0.15) is 0 Å². The predicted molar refractivity (Wildman–Crippen MR) is 46.7 cm³/mol. The molecule has 0 aromatic carbocycles. The van der Waals surface area contributed by atoms with Gasteiger partial charge in [0.25, 0.3) is 0 Å². The summed E-state index contributed by atoms with van der Waals surface area (Å²) in [5.41, 5.74) is 6.30. The molecule has 0 saturated carbocycles. The van der Waals surface area contributed by atoms with E-state index in [-0.39, 0.29) is 6.54 Å². The number of imidazole rings is 1. The molecule has 1 aromatic rings. The number of rotatable bonds is 3. The summed E-state index contributed by atoms with van der Waals surface area (Å²) in [5.74, 6) is 0.956. The first kappa shape index (κ1) is 9.22. The highest BCUT2D eigenvalue weighted by molar-refractivity contribution is 5.07. The fourth-order valence-electron chi connectivity index (χ4n) is 0.926. The first-order valence-electron chi connectivity index (χ1n) is 4.08. The van der Waals surface area contributed by atoms with Crippen LogP contribution in [0.1, 0.15) is 37.4 Å². The summed E-state index contributed by atoms with van der Waals surface area (Å²) in [5, 5.41) is 9.31. The maximum atomic E-state index is 9.31. The lowest BCUT2D eigenvalue weighted by molar-refractivity contribution is 0.177. The Kier molecular flexibility index (Phi) is 2.83. The van der Waals surface area contributed by atoms with Crippen molar-refractivity contribution in [2.75, 3.05) is 6.54 Å². The zero-order valence-electron chi connectivity index (χ0n) is 7.41. The van der Waals surface area contributed by atoms with E-state index in [4.69, 9.17) is 5.73 Å². The number of aromatic nitrogens is 2. The molecule has 68 valence electrons. The van der Waals surface area contributed by atoms with Crippen LogP contribution in [0.3, 0.4) is 0 Å². The Morgan fingerprint density at radius 3 is 2.75 bits per heavy atom. The molecule has 4 nitrogen and oxygen atoms in total. The van der Waals surface area contributed by atoms with Crippen LogP contribution in [0.2, 0.25) is 0 Å². The Balaban J connectivity index is 2.77. The standard InChI is InChI=1S/C8H15N3O/c1-5(2)6-4-10-8(11-6)7(12)3-9/h4-5,7,12H,3,9H2,1-2H3,(H,10,11). The van der Waals surface area contributed by atoms with Gasteiger partial charge >= 0.3 is 0 Å². The smallest absolute Gasteiger partial charge is 0.136 e. The molecular weight excluding hydrogens is 154 g/mol. The molecule has 1 atom stereocenters. The van der Waals surface area contributed by atoms with E-state index in [2.05, 4.69) is 23.8 Å². The molecule has 4 heteroatoms. The molecular formula is C8H15N3O. The number of nitrogens with one attached hydrogen (secondary N) is 1. The molecule has 0 fully saturated rings. The van der Waals surface area contributed by atoms with Gasteiger partial charge in [0.1, 0.15) is 11.9 Å². The number of H-pyrrole nitrogens is 1. The molecule has 1 unspecified atom stereocenters. The highest BCUT2D eigenvalue weighted by Crippen LogP contribution is 2.13. The fourth-order valence-corrected chi connectivity index (χ4v) is 0.926. The van der Waals surface area contributed by atoms with Crippen molar-refractivity contribution in [3.05, 3.63) is 17.7 Å². The van der Waals surface area contributed by atoms with Gasteiger partial charge in [-0.1, -0.05) is 13.8 Å². The highest BCUT2D eigenvalue weighted by atomic mass is 16.3. The van der Waals surface area contributed by atoms with Crippen molar-refractivity contribution in [3.63, 3.8) is 0 Å². The van der Waals surface area contributed by atoms with E-state index in [0.29, 0.717) is 11.7 Å². The third kappa shape index (κ3) is 1.84. The van der Waals surface area contributed by atoms with Crippen molar-refractivity contribution in [1.29, 1.82) is 0 Å². The van der Waals surface area contributed by atoms with E-state index >= 15 is 0 Å². The van der Waals surface area contributed by atoms with Crippen molar-refractivity contribution < 1.29 is 5.11 Å². The largest absolute Gasteiger partial charge is 0.384 e. The van der Waals surface area contributed by atoms with Crippen LogP contribution in [0.15, 0.2) is 6.20 Å². The van der Waals surface area contributed by atoms with Gasteiger partial charge in [0.15, 0.2) is 0 Å². The SMILES string of the molecule is CC(C)c1cnc(C(O)CN)[nH]1. The summed E-state index contributed by atoms with van der Waals surface area (Å²) in [7, 11) is 0. The van der Waals surface area contributed by atoms with Gasteiger partial charge in [0, 0.05) is 18.4 Å². The molecule has 0 aliphatic rings. The van der Waals surface area contributed by atoms with Crippen molar-refractivity contribution in [2.45, 2.75) is 25.9 Å². The van der Waals surface area contributed by atoms with Crippen LogP contribution in [0.5, 0.6) is 0 Å². The Bertz CT molecular complexity index is 244. The van der Waals surface area contributed by atoms with E-state index in [1.807, 2.05) is 0 Å². The highest BCUT2D eigenvalue weighted by Gasteiger charge is 2.10. The molecule has 0 aliphatic carbocycles. The van der Waals surface area contributed by atoms with Crippen molar-refractivity contribution in [2.24, 2.45) is 5.73 Å². The Hall–Kier alpha value is -0.870. The lowest BCUT2D eigenvalue weighted by atomic mass is 10.2. The van der Waals surface area contributed by atoms with Crippen LogP contribution in [-0.2, 0) is 0 Å². The van der Waals surface area contributed by atoms with Crippen LogP contribution < -0.4 is 5.73 Å². The van der Waals surface area contributed by atoms with Crippen LogP contribution in [0, 0.1) is 0 Å². The van der Waals surface area contributed by atoms with Gasteiger partial charge in [-0.3, -0.25) is 0 Å². The molecule has 0 bridgehead atoms. The minimum atomic E-state index is -0.669. The average molecular weight is 169 g/mol. The second-order valence-corrected chi connectivity index (χ2v) is 3.13. The van der Waals surface area contributed by atoms with Crippen LogP contribution in [0.25, 0.3) is 0 Å². The summed E-state index contributed by atoms with van der Waals surface area (Å²) in [6, 6.07) is 0. The van der Waals surface area contributed by atoms with Gasteiger partial charge in [0.2, 0.25) is 0 Å². The minimum Gasteiger partial charge on any atom is -0.384 e. The van der Waals surface area contributed by atoms with Gasteiger partial charge in [0.05, 0.1) is 0 Å². The maximum absolute atomic E-state index is 9.31. The first-order valence-corrected chi connectivity index (χ1v) is 4.08. The summed E-state index contributed by atoms with van der Waals surface area (Å²) in [6.07, 6.45) is 1.07. The predicted octanol–water partition coefficient (Wildman–Crippen LogP) is 0.525. The minimum absolute atomic E-state index is 0.199. The lowest BCUT2D eigenvalue weighted by Gasteiger charge is -2.03. The monoisotopic (exact) mass is 169 g/mol. The van der Waals surface area contributed by atoms with Crippen LogP contribution in [-0.4, -0.2) is 21.6 Å². The summed E-state index contributed by atoms with van der Waals surface area (Å²) in [4.78, 5) is 7.04. The Morgan fingerprint density at radius 2 is 2.33 bits per heavy atom. The lowest BCUT2D eigenvalue weighted by Crippen LogP contribution is -2.12. The number of hydrogen-bond donors (Lipinski definition) is 3. The van der Waals surface area contributed by atoms with Crippen molar-refractivity contribution in [3.8, 4) is 0 Å². The molecule has 0 spiro atoms. The Morgan fingerprint density at radius 1 is 1.67 bits per heavy atom. The van der Waals surface area contributed by atoms with Gasteiger partial charge in [-0.15, -0.1) is 0 Å². The van der Waals surface area contributed by atoms with Crippen molar-refractivity contribution in [1.82, 2.24) is 9.97 Å². The molecule has 0 amide bonds. The number of aliphatic hydroxyl groups excluding tert-OH is 1. The quantitative estimate of drug-likeness (QED) is 0.617. The van der Waals surface area contributed by atoms with Crippen molar-refractivity contribution >= 4 is 0 Å². The topological polar surface area (TPSA) is 74.9 Å². The Labute approximate surface area is 71.8 Å². The third-order valence-corrected chi connectivity index (χ3v) is 1.78. The molecule has 0 saturated heterocycles. The summed E-state index contributed by atoms with van der Waals surface area (Å²) in [6.45, 7) is 4.32.